The Morgan fingerprint density at radius 2 is 1.94 bits per heavy atom. The van der Waals surface area contributed by atoms with E-state index in [4.69, 9.17) is 0 Å². The van der Waals surface area contributed by atoms with Crippen molar-refractivity contribution in [3.05, 3.63) is 70.8 Å². The molecule has 0 bridgehead atoms. The lowest BCUT2D eigenvalue weighted by Crippen LogP contribution is -2.45. The van der Waals surface area contributed by atoms with E-state index >= 15 is 0 Å². The van der Waals surface area contributed by atoms with Crippen LogP contribution in [0.1, 0.15) is 58.6 Å². The molecule has 3 N–H and O–H groups in total. The van der Waals surface area contributed by atoms with Crippen LogP contribution in [0.5, 0.6) is 0 Å². The summed E-state index contributed by atoms with van der Waals surface area (Å²) in [4.78, 5) is 21.3. The fourth-order valence-electron chi connectivity index (χ4n) is 4.96. The number of aromatic amines is 1. The molecular formula is C27H31N5O2. The fourth-order valence-corrected chi connectivity index (χ4v) is 4.96. The third kappa shape index (κ3) is 4.35. The SMILES string of the molecule is Cc1nc2c(C)c(Cc3ccc(-c4cnn(C)c4)cc3)cc(C(=O)N[C@H]3CCCC[C@@H]3O)c2[nH]1. The second kappa shape index (κ2) is 9.06. The zero-order chi connectivity index (χ0) is 23.8. The smallest absolute Gasteiger partial charge is 0.253 e. The number of amides is 1. The first-order chi connectivity index (χ1) is 16.4. The number of nitrogens with zero attached hydrogens (tertiary/aromatic N) is 3. The molecule has 1 fully saturated rings. The largest absolute Gasteiger partial charge is 0.391 e. The maximum Gasteiger partial charge on any atom is 0.253 e. The molecule has 2 aromatic heterocycles. The summed E-state index contributed by atoms with van der Waals surface area (Å²) in [5.41, 5.74) is 7.69. The molecule has 34 heavy (non-hydrogen) atoms. The van der Waals surface area contributed by atoms with Crippen LogP contribution in [-0.2, 0) is 13.5 Å². The molecule has 176 valence electrons. The molecule has 1 amide bonds. The first kappa shape index (κ1) is 22.3. The summed E-state index contributed by atoms with van der Waals surface area (Å²) in [6.45, 7) is 3.97. The van der Waals surface area contributed by atoms with Gasteiger partial charge in [0.15, 0.2) is 0 Å². The molecule has 1 saturated carbocycles. The number of carbonyl (C=O) groups is 1. The van der Waals surface area contributed by atoms with E-state index in [1.807, 2.05) is 32.4 Å². The normalized spacial score (nSPS) is 18.4. The van der Waals surface area contributed by atoms with Gasteiger partial charge in [-0.15, -0.1) is 0 Å². The minimum atomic E-state index is -0.486. The Kier molecular flexibility index (Phi) is 5.96. The third-order valence-electron chi connectivity index (χ3n) is 6.92. The van der Waals surface area contributed by atoms with E-state index in [1.165, 1.54) is 0 Å². The molecule has 0 spiro atoms. The fraction of sp³-hybridized carbons (Fsp3) is 0.370. The van der Waals surface area contributed by atoms with E-state index < -0.39 is 6.10 Å². The summed E-state index contributed by atoms with van der Waals surface area (Å²) in [6, 6.07) is 10.2. The average molecular weight is 458 g/mol. The van der Waals surface area contributed by atoms with Crippen LogP contribution in [0.15, 0.2) is 42.7 Å². The van der Waals surface area contributed by atoms with Crippen molar-refractivity contribution in [3.63, 3.8) is 0 Å². The number of fused-ring (bicyclic) bond motifs is 1. The second-order valence-corrected chi connectivity index (χ2v) is 9.46. The molecule has 0 unspecified atom stereocenters. The third-order valence-corrected chi connectivity index (χ3v) is 6.92. The highest BCUT2D eigenvalue weighted by atomic mass is 16.3. The molecule has 2 heterocycles. The van der Waals surface area contributed by atoms with Gasteiger partial charge in [0, 0.05) is 18.8 Å². The highest BCUT2D eigenvalue weighted by Gasteiger charge is 2.26. The number of aliphatic hydroxyl groups is 1. The van der Waals surface area contributed by atoms with Crippen LogP contribution in [0, 0.1) is 13.8 Å². The van der Waals surface area contributed by atoms with Gasteiger partial charge in [0.1, 0.15) is 5.82 Å². The lowest BCUT2D eigenvalue weighted by atomic mass is 9.92. The van der Waals surface area contributed by atoms with E-state index in [0.717, 1.165) is 70.4 Å². The minimum absolute atomic E-state index is 0.159. The maximum atomic E-state index is 13.3. The van der Waals surface area contributed by atoms with Crippen molar-refractivity contribution in [3.8, 4) is 11.1 Å². The van der Waals surface area contributed by atoms with Crippen LogP contribution in [0.4, 0.5) is 0 Å². The highest BCUT2D eigenvalue weighted by molar-refractivity contribution is 6.06. The van der Waals surface area contributed by atoms with Gasteiger partial charge in [0.25, 0.3) is 5.91 Å². The molecule has 5 rings (SSSR count). The number of aliphatic hydroxyl groups excluding tert-OH is 1. The number of nitrogens with one attached hydrogen (secondary N) is 2. The van der Waals surface area contributed by atoms with Crippen molar-refractivity contribution in [2.24, 2.45) is 7.05 Å². The van der Waals surface area contributed by atoms with Gasteiger partial charge >= 0.3 is 0 Å². The van der Waals surface area contributed by atoms with Crippen LogP contribution < -0.4 is 5.32 Å². The topological polar surface area (TPSA) is 95.8 Å². The Balaban J connectivity index is 1.45. The Labute approximate surface area is 199 Å². The number of aryl methyl sites for hydroxylation is 3. The summed E-state index contributed by atoms with van der Waals surface area (Å²) in [5, 5.41) is 17.7. The van der Waals surface area contributed by atoms with Gasteiger partial charge in [-0.25, -0.2) is 4.98 Å². The lowest BCUT2D eigenvalue weighted by molar-refractivity contribution is 0.0718. The quantitative estimate of drug-likeness (QED) is 0.418. The summed E-state index contributed by atoms with van der Waals surface area (Å²) in [6.07, 6.45) is 7.65. The van der Waals surface area contributed by atoms with Crippen LogP contribution in [0.25, 0.3) is 22.2 Å². The zero-order valence-corrected chi connectivity index (χ0v) is 19.9. The van der Waals surface area contributed by atoms with E-state index in [1.54, 1.807) is 4.68 Å². The number of carbonyl (C=O) groups excluding carboxylic acids is 1. The number of imidazole rings is 1. The summed E-state index contributed by atoms with van der Waals surface area (Å²) in [5.74, 6) is 0.621. The molecule has 1 aliphatic carbocycles. The van der Waals surface area contributed by atoms with E-state index in [0.29, 0.717) is 12.0 Å². The highest BCUT2D eigenvalue weighted by Crippen LogP contribution is 2.28. The molecule has 1 aliphatic rings. The van der Waals surface area contributed by atoms with Crippen molar-refractivity contribution >= 4 is 16.9 Å². The molecule has 4 aromatic rings. The molecule has 2 aromatic carbocycles. The summed E-state index contributed by atoms with van der Waals surface area (Å²) < 4.78 is 1.80. The Hall–Kier alpha value is -3.45. The molecular weight excluding hydrogens is 426 g/mol. The average Bonchev–Trinajstić information content (AvgIpc) is 3.43. The first-order valence-electron chi connectivity index (χ1n) is 11.9. The van der Waals surface area contributed by atoms with Gasteiger partial charge in [-0.3, -0.25) is 9.48 Å². The lowest BCUT2D eigenvalue weighted by Gasteiger charge is -2.28. The Morgan fingerprint density at radius 1 is 1.18 bits per heavy atom. The van der Waals surface area contributed by atoms with E-state index in [-0.39, 0.29) is 11.9 Å². The van der Waals surface area contributed by atoms with Gasteiger partial charge in [-0.2, -0.15) is 5.10 Å². The van der Waals surface area contributed by atoms with Crippen molar-refractivity contribution < 1.29 is 9.90 Å². The Bertz CT molecular complexity index is 1340. The van der Waals surface area contributed by atoms with Gasteiger partial charge < -0.3 is 15.4 Å². The van der Waals surface area contributed by atoms with Gasteiger partial charge in [-0.05, 0) is 61.4 Å². The van der Waals surface area contributed by atoms with Crippen molar-refractivity contribution in [1.29, 1.82) is 0 Å². The van der Waals surface area contributed by atoms with Crippen LogP contribution in [-0.4, -0.2) is 42.9 Å². The zero-order valence-electron chi connectivity index (χ0n) is 19.9. The van der Waals surface area contributed by atoms with Crippen molar-refractivity contribution in [2.45, 2.75) is 58.1 Å². The number of benzene rings is 2. The molecule has 7 nitrogen and oxygen atoms in total. The second-order valence-electron chi connectivity index (χ2n) is 9.46. The number of aromatic nitrogens is 4. The van der Waals surface area contributed by atoms with Crippen molar-refractivity contribution in [2.75, 3.05) is 0 Å². The predicted octanol–water partition coefficient (Wildman–Crippen LogP) is 4.20. The molecule has 0 aliphatic heterocycles. The Morgan fingerprint density at radius 3 is 2.65 bits per heavy atom. The molecule has 7 heteroatoms. The standard InChI is InChI=1S/C27H31N5O2/c1-16-20(12-18-8-10-19(11-9-18)21-14-28-32(3)15-21)13-22(26-25(16)29-17(2)30-26)27(34)31-23-6-4-5-7-24(23)33/h8-11,13-15,23-24,33H,4-7,12H2,1-3H3,(H,29,30)(H,31,34)/t23-,24-/m0/s1. The van der Waals surface area contributed by atoms with Crippen molar-refractivity contribution in [1.82, 2.24) is 25.1 Å². The van der Waals surface area contributed by atoms with E-state index in [2.05, 4.69) is 51.6 Å². The number of hydrogen-bond acceptors (Lipinski definition) is 4. The number of rotatable bonds is 5. The molecule has 0 saturated heterocycles. The number of H-pyrrole nitrogens is 1. The monoisotopic (exact) mass is 457 g/mol. The van der Waals surface area contributed by atoms with Crippen LogP contribution in [0.2, 0.25) is 0 Å². The molecule has 2 atom stereocenters. The van der Waals surface area contributed by atoms with Gasteiger partial charge in [0.05, 0.1) is 34.9 Å². The predicted molar refractivity (Wildman–Crippen MR) is 133 cm³/mol. The minimum Gasteiger partial charge on any atom is -0.391 e. The van der Waals surface area contributed by atoms with E-state index in [9.17, 15) is 9.90 Å². The van der Waals surface area contributed by atoms with Crippen LogP contribution >= 0.6 is 0 Å². The molecule has 0 radical (unpaired) electrons. The summed E-state index contributed by atoms with van der Waals surface area (Å²) >= 11 is 0. The summed E-state index contributed by atoms with van der Waals surface area (Å²) in [7, 11) is 1.91. The van der Waals surface area contributed by atoms with Gasteiger partial charge in [0.2, 0.25) is 0 Å². The van der Waals surface area contributed by atoms with Gasteiger partial charge in [-0.1, -0.05) is 37.1 Å². The maximum absolute atomic E-state index is 13.3. The number of hydrogen-bond donors (Lipinski definition) is 3. The first-order valence-corrected chi connectivity index (χ1v) is 11.9. The van der Waals surface area contributed by atoms with Crippen LogP contribution in [0.3, 0.4) is 0 Å².